The number of rotatable bonds is 8. The minimum atomic E-state index is -0.287. The number of amides is 1. The van der Waals surface area contributed by atoms with Crippen LogP contribution in [0.15, 0.2) is 53.1 Å². The topological polar surface area (TPSA) is 95.7 Å². The van der Waals surface area contributed by atoms with Crippen LogP contribution in [0.5, 0.6) is 17.2 Å². The number of hydrogen-bond acceptors (Lipinski definition) is 7. The van der Waals surface area contributed by atoms with E-state index >= 15 is 0 Å². The zero-order valence-corrected chi connectivity index (χ0v) is 15.0. The van der Waals surface area contributed by atoms with Crippen LogP contribution in [0.3, 0.4) is 0 Å². The number of ether oxygens (including phenoxy) is 3. The van der Waals surface area contributed by atoms with Crippen LogP contribution in [0.1, 0.15) is 5.89 Å². The zero-order chi connectivity index (χ0) is 19.1. The van der Waals surface area contributed by atoms with Crippen molar-refractivity contribution in [2.24, 2.45) is 0 Å². The molecule has 0 bridgehead atoms. The molecule has 1 heterocycles. The molecule has 1 aromatic heterocycles. The van der Waals surface area contributed by atoms with Crippen molar-refractivity contribution in [1.29, 1.82) is 0 Å². The Balaban J connectivity index is 1.55. The Morgan fingerprint density at radius 3 is 2.59 bits per heavy atom. The van der Waals surface area contributed by atoms with Gasteiger partial charge in [-0.05, 0) is 30.3 Å². The Bertz CT molecular complexity index is 895. The molecule has 1 amide bonds. The smallest absolute Gasteiger partial charge is 0.258 e. The van der Waals surface area contributed by atoms with E-state index in [1.807, 2.05) is 18.2 Å². The van der Waals surface area contributed by atoms with Gasteiger partial charge in [-0.1, -0.05) is 23.4 Å². The van der Waals surface area contributed by atoms with Crippen LogP contribution in [0.2, 0.25) is 0 Å². The second kappa shape index (κ2) is 8.70. The number of methoxy groups -OCH3 is 2. The van der Waals surface area contributed by atoms with Gasteiger partial charge in [-0.2, -0.15) is 4.98 Å². The quantitative estimate of drug-likeness (QED) is 0.651. The molecule has 0 aliphatic carbocycles. The summed E-state index contributed by atoms with van der Waals surface area (Å²) < 4.78 is 21.0. The first kappa shape index (κ1) is 18.2. The van der Waals surface area contributed by atoms with Gasteiger partial charge in [0.15, 0.2) is 18.1 Å². The summed E-state index contributed by atoms with van der Waals surface area (Å²) >= 11 is 0. The summed E-state index contributed by atoms with van der Waals surface area (Å²) in [7, 11) is 3.12. The van der Waals surface area contributed by atoms with Crippen LogP contribution in [-0.2, 0) is 11.3 Å². The minimum Gasteiger partial charge on any atom is -0.493 e. The van der Waals surface area contributed by atoms with Gasteiger partial charge in [0, 0.05) is 5.56 Å². The van der Waals surface area contributed by atoms with Crippen molar-refractivity contribution in [1.82, 2.24) is 15.5 Å². The van der Waals surface area contributed by atoms with Crippen molar-refractivity contribution in [3.05, 3.63) is 54.4 Å². The molecule has 0 atom stereocenters. The Kier molecular flexibility index (Phi) is 5.88. The molecule has 0 unspecified atom stereocenters. The Morgan fingerprint density at radius 2 is 1.85 bits per heavy atom. The first-order chi connectivity index (χ1) is 13.2. The predicted molar refractivity (Wildman–Crippen MR) is 96.6 cm³/mol. The highest BCUT2D eigenvalue weighted by Gasteiger charge is 2.13. The molecule has 3 aromatic rings. The first-order valence-corrected chi connectivity index (χ1v) is 8.19. The van der Waals surface area contributed by atoms with Crippen LogP contribution in [0.25, 0.3) is 11.4 Å². The van der Waals surface area contributed by atoms with E-state index in [0.717, 1.165) is 0 Å². The molecule has 1 N–H and O–H groups in total. The van der Waals surface area contributed by atoms with Crippen molar-refractivity contribution in [2.45, 2.75) is 6.54 Å². The lowest BCUT2D eigenvalue weighted by atomic mass is 10.2. The van der Waals surface area contributed by atoms with Gasteiger partial charge in [0.25, 0.3) is 5.91 Å². The number of carbonyl (C=O) groups excluding carboxylic acids is 1. The predicted octanol–water partition coefficient (Wildman–Crippen LogP) is 2.45. The first-order valence-electron chi connectivity index (χ1n) is 8.19. The summed E-state index contributed by atoms with van der Waals surface area (Å²) in [6.07, 6.45) is 0. The zero-order valence-electron chi connectivity index (χ0n) is 15.0. The average Bonchev–Trinajstić information content (AvgIpc) is 3.20. The third-order valence-corrected chi connectivity index (χ3v) is 3.66. The summed E-state index contributed by atoms with van der Waals surface area (Å²) in [6.45, 7) is 0.0119. The Hall–Kier alpha value is -3.55. The lowest BCUT2D eigenvalue weighted by molar-refractivity contribution is -0.123. The van der Waals surface area contributed by atoms with Crippen molar-refractivity contribution in [3.63, 3.8) is 0 Å². The summed E-state index contributed by atoms with van der Waals surface area (Å²) in [5.74, 6) is 2.18. The molecule has 0 radical (unpaired) electrons. The molecule has 140 valence electrons. The molecule has 0 spiro atoms. The van der Waals surface area contributed by atoms with Crippen LogP contribution in [0.4, 0.5) is 0 Å². The van der Waals surface area contributed by atoms with Crippen molar-refractivity contribution < 1.29 is 23.5 Å². The van der Waals surface area contributed by atoms with Gasteiger partial charge in [-0.3, -0.25) is 4.79 Å². The van der Waals surface area contributed by atoms with Gasteiger partial charge in [0.05, 0.1) is 20.8 Å². The Labute approximate surface area is 156 Å². The maximum Gasteiger partial charge on any atom is 0.258 e. The number of aromatic nitrogens is 2. The molecule has 0 saturated carbocycles. The van der Waals surface area contributed by atoms with Gasteiger partial charge in [0.2, 0.25) is 11.7 Å². The van der Waals surface area contributed by atoms with E-state index in [1.165, 1.54) is 0 Å². The number of carbonyl (C=O) groups is 1. The van der Waals surface area contributed by atoms with Crippen molar-refractivity contribution >= 4 is 5.91 Å². The van der Waals surface area contributed by atoms with E-state index in [1.54, 1.807) is 44.6 Å². The van der Waals surface area contributed by atoms with E-state index in [0.29, 0.717) is 28.6 Å². The third kappa shape index (κ3) is 4.75. The normalized spacial score (nSPS) is 10.3. The average molecular weight is 369 g/mol. The molecule has 8 nitrogen and oxygen atoms in total. The lowest BCUT2D eigenvalue weighted by Crippen LogP contribution is -2.28. The molecule has 3 rings (SSSR count). The standard InChI is InChI=1S/C19H19N3O5/c1-24-15-9-8-13(10-16(15)25-2)19-21-18(27-22-19)11-20-17(23)12-26-14-6-4-3-5-7-14/h3-10H,11-12H2,1-2H3,(H,20,23). The number of para-hydroxylation sites is 1. The molecule has 0 saturated heterocycles. The van der Waals surface area contributed by atoms with Gasteiger partial charge in [-0.15, -0.1) is 0 Å². The van der Waals surface area contributed by atoms with Crippen LogP contribution in [-0.4, -0.2) is 36.9 Å². The van der Waals surface area contributed by atoms with Gasteiger partial charge in [-0.25, -0.2) is 0 Å². The summed E-state index contributed by atoms with van der Waals surface area (Å²) in [4.78, 5) is 16.1. The van der Waals surface area contributed by atoms with Gasteiger partial charge in [0.1, 0.15) is 5.75 Å². The lowest BCUT2D eigenvalue weighted by Gasteiger charge is -2.07. The van der Waals surface area contributed by atoms with Gasteiger partial charge < -0.3 is 24.1 Å². The second-order valence-corrected chi connectivity index (χ2v) is 5.46. The maximum atomic E-state index is 11.9. The molecule has 0 aliphatic heterocycles. The maximum absolute atomic E-state index is 11.9. The number of nitrogens with one attached hydrogen (secondary N) is 1. The number of hydrogen-bond donors (Lipinski definition) is 1. The van der Waals surface area contributed by atoms with Crippen LogP contribution < -0.4 is 19.5 Å². The van der Waals surface area contributed by atoms with Crippen LogP contribution in [0, 0.1) is 0 Å². The molecule has 8 heteroatoms. The van der Waals surface area contributed by atoms with E-state index in [2.05, 4.69) is 15.5 Å². The van der Waals surface area contributed by atoms with Crippen molar-refractivity contribution in [2.75, 3.05) is 20.8 Å². The fraction of sp³-hybridized carbons (Fsp3) is 0.211. The summed E-state index contributed by atoms with van der Waals surface area (Å²) in [5.41, 5.74) is 0.710. The molecule has 27 heavy (non-hydrogen) atoms. The highest BCUT2D eigenvalue weighted by Crippen LogP contribution is 2.31. The van der Waals surface area contributed by atoms with E-state index in [-0.39, 0.29) is 24.9 Å². The second-order valence-electron chi connectivity index (χ2n) is 5.46. The number of benzene rings is 2. The molecular weight excluding hydrogens is 350 g/mol. The highest BCUT2D eigenvalue weighted by atomic mass is 16.5. The molecule has 2 aromatic carbocycles. The highest BCUT2D eigenvalue weighted by molar-refractivity contribution is 5.77. The SMILES string of the molecule is COc1ccc(-c2noc(CNC(=O)COc3ccccc3)n2)cc1OC. The molecule has 0 aliphatic rings. The largest absolute Gasteiger partial charge is 0.493 e. The molecular formula is C19H19N3O5. The molecule has 0 fully saturated rings. The minimum absolute atomic E-state index is 0.0965. The fourth-order valence-electron chi connectivity index (χ4n) is 2.31. The summed E-state index contributed by atoms with van der Waals surface area (Å²) in [5, 5.41) is 6.59. The van der Waals surface area contributed by atoms with E-state index < -0.39 is 0 Å². The van der Waals surface area contributed by atoms with Crippen molar-refractivity contribution in [3.8, 4) is 28.6 Å². The van der Waals surface area contributed by atoms with Gasteiger partial charge >= 0.3 is 0 Å². The van der Waals surface area contributed by atoms with Crippen LogP contribution >= 0.6 is 0 Å². The van der Waals surface area contributed by atoms with E-state index in [4.69, 9.17) is 18.7 Å². The summed E-state index contributed by atoms with van der Waals surface area (Å²) in [6, 6.07) is 14.4. The fourth-order valence-corrected chi connectivity index (χ4v) is 2.31. The third-order valence-electron chi connectivity index (χ3n) is 3.66. The number of nitrogens with zero attached hydrogens (tertiary/aromatic N) is 2. The monoisotopic (exact) mass is 369 g/mol. The Morgan fingerprint density at radius 1 is 1.07 bits per heavy atom. The van der Waals surface area contributed by atoms with E-state index in [9.17, 15) is 4.79 Å².